The molecule has 1 amide bonds. The van der Waals surface area contributed by atoms with Gasteiger partial charge in [0.25, 0.3) is 11.1 Å². The number of carbonyl (C=O) groups excluding carboxylic acids is 1. The topological polar surface area (TPSA) is 77.0 Å². The molecule has 0 aliphatic carbocycles. The maximum Gasteiger partial charge on any atom is 0.298 e. The summed E-state index contributed by atoms with van der Waals surface area (Å²) < 4.78 is 21.2. The summed E-state index contributed by atoms with van der Waals surface area (Å²) in [4.78, 5) is 22.0. The molecule has 1 aromatic heterocycles. The molecule has 1 aliphatic rings. The van der Waals surface area contributed by atoms with Crippen LogP contribution in [0.4, 0.5) is 0 Å². The van der Waals surface area contributed by atoms with Crippen LogP contribution in [0.15, 0.2) is 72.8 Å². The first-order valence-electron chi connectivity index (χ1n) is 12.5. The Morgan fingerprint density at radius 1 is 0.868 bits per heavy atom. The van der Waals surface area contributed by atoms with Crippen LogP contribution in [0.3, 0.4) is 0 Å². The molecule has 1 fully saturated rings. The molecule has 0 bridgehead atoms. The Morgan fingerprint density at radius 2 is 1.66 bits per heavy atom. The number of hydrogen-bond acceptors (Lipinski definition) is 8. The predicted molar refractivity (Wildman–Crippen MR) is 146 cm³/mol. The summed E-state index contributed by atoms with van der Waals surface area (Å²) in [7, 11) is 3.21. The summed E-state index contributed by atoms with van der Waals surface area (Å²) in [5.74, 6) is 2.41. The third kappa shape index (κ3) is 6.30. The second-order valence-electron chi connectivity index (χ2n) is 9.03. The second kappa shape index (κ2) is 12.1. The van der Waals surface area contributed by atoms with Crippen LogP contribution in [0.25, 0.3) is 0 Å². The molecule has 5 rings (SSSR count). The van der Waals surface area contributed by atoms with Crippen molar-refractivity contribution in [3.8, 4) is 22.4 Å². The van der Waals surface area contributed by atoms with Gasteiger partial charge in [-0.15, -0.1) is 0 Å². The van der Waals surface area contributed by atoms with Gasteiger partial charge in [0.15, 0.2) is 17.3 Å². The van der Waals surface area contributed by atoms with Crippen molar-refractivity contribution in [2.24, 2.45) is 0 Å². The molecule has 2 heterocycles. The zero-order valence-electron chi connectivity index (χ0n) is 21.5. The largest absolute Gasteiger partial charge is 0.497 e. The maximum atomic E-state index is 13.2. The van der Waals surface area contributed by atoms with Crippen molar-refractivity contribution in [2.75, 3.05) is 40.4 Å². The van der Waals surface area contributed by atoms with Gasteiger partial charge in [-0.05, 0) is 41.5 Å². The summed E-state index contributed by atoms with van der Waals surface area (Å²) in [6, 6.07) is 23.5. The lowest BCUT2D eigenvalue weighted by Gasteiger charge is -2.34. The van der Waals surface area contributed by atoms with Gasteiger partial charge in [-0.3, -0.25) is 9.69 Å². The van der Waals surface area contributed by atoms with Crippen LogP contribution in [-0.4, -0.2) is 65.5 Å². The van der Waals surface area contributed by atoms with Gasteiger partial charge < -0.3 is 19.1 Å². The Hall–Kier alpha value is -3.95. The zero-order chi connectivity index (χ0) is 26.3. The number of aromatic nitrogens is 2. The Labute approximate surface area is 226 Å². The zero-order valence-corrected chi connectivity index (χ0v) is 22.3. The minimum absolute atomic E-state index is 0.00861. The quantitative estimate of drug-likeness (QED) is 0.305. The number of piperazine rings is 1. The van der Waals surface area contributed by atoms with E-state index in [1.165, 1.54) is 17.1 Å². The lowest BCUT2D eigenvalue weighted by atomic mass is 10.1. The lowest BCUT2D eigenvalue weighted by molar-refractivity contribution is 0.0628. The second-order valence-corrected chi connectivity index (χ2v) is 9.74. The van der Waals surface area contributed by atoms with Gasteiger partial charge in [0.1, 0.15) is 5.75 Å². The Morgan fingerprint density at radius 3 is 2.42 bits per heavy atom. The Bertz CT molecular complexity index is 1370. The number of ether oxygens (including phenoxy) is 3. The van der Waals surface area contributed by atoms with Gasteiger partial charge in [-0.1, -0.05) is 42.5 Å². The average Bonchev–Trinajstić information content (AvgIpc) is 3.40. The number of rotatable bonds is 9. The van der Waals surface area contributed by atoms with E-state index in [0.29, 0.717) is 47.6 Å². The van der Waals surface area contributed by atoms with Crippen LogP contribution in [0, 0.1) is 0 Å². The van der Waals surface area contributed by atoms with E-state index in [0.717, 1.165) is 30.9 Å². The molecule has 0 radical (unpaired) electrons. The molecule has 38 heavy (non-hydrogen) atoms. The van der Waals surface area contributed by atoms with Crippen LogP contribution in [0.2, 0.25) is 0 Å². The van der Waals surface area contributed by atoms with E-state index in [-0.39, 0.29) is 5.91 Å². The van der Waals surface area contributed by atoms with Gasteiger partial charge in [0, 0.05) is 56.2 Å². The Kier molecular flexibility index (Phi) is 8.15. The average molecular weight is 531 g/mol. The number of methoxy groups -OCH3 is 2. The van der Waals surface area contributed by atoms with Crippen molar-refractivity contribution in [3.63, 3.8) is 0 Å². The molecule has 1 aliphatic heterocycles. The third-order valence-electron chi connectivity index (χ3n) is 6.46. The first kappa shape index (κ1) is 25.7. The molecule has 0 atom stereocenters. The number of amides is 1. The molecule has 196 valence electrons. The number of nitrogens with zero attached hydrogens (tertiary/aromatic N) is 4. The molecule has 0 spiro atoms. The molecule has 1 saturated heterocycles. The number of benzene rings is 3. The molecule has 0 N–H and O–H groups in total. The number of hydrogen-bond donors (Lipinski definition) is 0. The van der Waals surface area contributed by atoms with E-state index in [4.69, 9.17) is 14.2 Å². The molecular formula is C29H30N4O4S. The van der Waals surface area contributed by atoms with Crippen LogP contribution in [-0.2, 0) is 13.0 Å². The maximum absolute atomic E-state index is 13.2. The van der Waals surface area contributed by atoms with Crippen molar-refractivity contribution < 1.29 is 19.0 Å². The fourth-order valence-electron chi connectivity index (χ4n) is 4.43. The van der Waals surface area contributed by atoms with E-state index < -0.39 is 0 Å². The molecule has 4 aromatic rings. The minimum atomic E-state index is -0.00861. The molecule has 0 saturated carbocycles. The van der Waals surface area contributed by atoms with Gasteiger partial charge in [0.2, 0.25) is 0 Å². The first-order valence-corrected chi connectivity index (χ1v) is 13.3. The van der Waals surface area contributed by atoms with E-state index in [9.17, 15) is 4.79 Å². The van der Waals surface area contributed by atoms with Crippen LogP contribution >= 0.6 is 11.5 Å². The highest BCUT2D eigenvalue weighted by Gasteiger charge is 2.23. The fraction of sp³-hybridized carbons (Fsp3) is 0.276. The smallest absolute Gasteiger partial charge is 0.298 e. The van der Waals surface area contributed by atoms with Crippen LogP contribution in [0.5, 0.6) is 22.4 Å². The fourth-order valence-corrected chi connectivity index (χ4v) is 4.99. The van der Waals surface area contributed by atoms with E-state index in [1.807, 2.05) is 35.2 Å². The van der Waals surface area contributed by atoms with Crippen molar-refractivity contribution in [3.05, 3.63) is 95.3 Å². The van der Waals surface area contributed by atoms with Gasteiger partial charge in [-0.25, -0.2) is 0 Å². The number of carbonyl (C=O) groups is 1. The minimum Gasteiger partial charge on any atom is -0.497 e. The van der Waals surface area contributed by atoms with Crippen molar-refractivity contribution in [1.82, 2.24) is 19.2 Å². The molecule has 8 nitrogen and oxygen atoms in total. The predicted octanol–water partition coefficient (Wildman–Crippen LogP) is 4.90. The highest BCUT2D eigenvalue weighted by atomic mass is 32.1. The van der Waals surface area contributed by atoms with Crippen molar-refractivity contribution in [1.29, 1.82) is 0 Å². The van der Waals surface area contributed by atoms with Crippen LogP contribution in [0.1, 0.15) is 27.3 Å². The SMILES string of the molecule is COc1cccc(Cc2nsc(Oc3ccc(C(=O)N4CCN(Cc5ccccc5)CC4)cc3OC)n2)c1. The van der Waals surface area contributed by atoms with Crippen molar-refractivity contribution >= 4 is 17.4 Å². The third-order valence-corrected chi connectivity index (χ3v) is 7.10. The van der Waals surface area contributed by atoms with Gasteiger partial charge in [0.05, 0.1) is 14.2 Å². The molecule has 3 aromatic carbocycles. The molecular weight excluding hydrogens is 500 g/mol. The normalized spacial score (nSPS) is 13.8. The standard InChI is InChI=1S/C29H30N4O4S/c1-35-24-10-6-9-22(17-24)18-27-30-29(38-31-27)37-25-12-11-23(19-26(25)36-2)28(34)33-15-13-32(14-16-33)20-21-7-4-3-5-8-21/h3-12,17,19H,13-16,18,20H2,1-2H3. The van der Waals surface area contributed by atoms with E-state index in [2.05, 4.69) is 38.5 Å². The van der Waals surface area contributed by atoms with E-state index in [1.54, 1.807) is 32.4 Å². The first-order chi connectivity index (χ1) is 18.6. The van der Waals surface area contributed by atoms with Gasteiger partial charge >= 0.3 is 0 Å². The summed E-state index contributed by atoms with van der Waals surface area (Å²) >= 11 is 1.18. The van der Waals surface area contributed by atoms with Crippen LogP contribution < -0.4 is 14.2 Å². The monoisotopic (exact) mass is 530 g/mol. The summed E-state index contributed by atoms with van der Waals surface area (Å²) in [6.45, 7) is 3.96. The van der Waals surface area contributed by atoms with Crippen molar-refractivity contribution in [2.45, 2.75) is 13.0 Å². The Balaban J connectivity index is 1.19. The van der Waals surface area contributed by atoms with E-state index >= 15 is 0 Å². The summed E-state index contributed by atoms with van der Waals surface area (Å²) in [5.41, 5.74) is 2.91. The lowest BCUT2D eigenvalue weighted by Crippen LogP contribution is -2.48. The summed E-state index contributed by atoms with van der Waals surface area (Å²) in [6.07, 6.45) is 0.570. The summed E-state index contributed by atoms with van der Waals surface area (Å²) in [5, 5.41) is 0.412. The van der Waals surface area contributed by atoms with Gasteiger partial charge in [-0.2, -0.15) is 9.36 Å². The highest BCUT2D eigenvalue weighted by Crippen LogP contribution is 2.33. The molecule has 9 heteroatoms. The highest BCUT2D eigenvalue weighted by molar-refractivity contribution is 7.07. The molecule has 0 unspecified atom stereocenters.